The Morgan fingerprint density at radius 3 is 2.36 bits per heavy atom. The summed E-state index contributed by atoms with van der Waals surface area (Å²) in [5.41, 5.74) is 1.58. The van der Waals surface area contributed by atoms with Gasteiger partial charge in [-0.3, -0.25) is 9.78 Å². The molecule has 11 nitrogen and oxygen atoms in total. The third-order valence-electron chi connectivity index (χ3n) is 7.71. The molecule has 0 atom stereocenters. The maximum Gasteiger partial charge on any atom is 0.317 e. The lowest BCUT2D eigenvalue weighted by Gasteiger charge is -2.33. The number of pyridine rings is 1. The van der Waals surface area contributed by atoms with E-state index in [0.29, 0.717) is 17.5 Å². The van der Waals surface area contributed by atoms with Crippen molar-refractivity contribution in [3.8, 4) is 0 Å². The quantitative estimate of drug-likeness (QED) is 0.360. The Balaban J connectivity index is 1.14. The van der Waals surface area contributed by atoms with Gasteiger partial charge in [0, 0.05) is 43.5 Å². The molecular weight excluding hydrogens is 501 g/mol. The van der Waals surface area contributed by atoms with Crippen LogP contribution in [0.3, 0.4) is 0 Å². The van der Waals surface area contributed by atoms with E-state index in [-0.39, 0.29) is 29.5 Å². The van der Waals surface area contributed by atoms with E-state index >= 15 is 0 Å². The van der Waals surface area contributed by atoms with Crippen molar-refractivity contribution in [3.63, 3.8) is 0 Å². The molecule has 6 rings (SSSR count). The number of likely N-dealkylation sites (tertiary alicyclic amines) is 1. The molecule has 4 heterocycles. The van der Waals surface area contributed by atoms with Crippen LogP contribution in [0.15, 0.2) is 30.7 Å². The second-order valence-corrected chi connectivity index (χ2v) is 10.7. The van der Waals surface area contributed by atoms with Gasteiger partial charge in [-0.2, -0.15) is 0 Å². The van der Waals surface area contributed by atoms with Crippen LogP contribution < -0.4 is 21.3 Å². The Morgan fingerprint density at radius 1 is 0.897 bits per heavy atom. The van der Waals surface area contributed by atoms with Gasteiger partial charge in [0.2, 0.25) is 0 Å². The first-order valence-corrected chi connectivity index (χ1v) is 13.9. The van der Waals surface area contributed by atoms with Crippen LogP contribution in [0.4, 0.5) is 26.4 Å². The lowest BCUT2D eigenvalue weighted by molar-refractivity contribution is 0.102. The Morgan fingerprint density at radius 2 is 1.62 bits per heavy atom. The molecule has 4 N–H and O–H groups in total. The molecular formula is C27H34FN9O2. The minimum Gasteiger partial charge on any atom is -0.379 e. The van der Waals surface area contributed by atoms with Crippen molar-refractivity contribution in [2.24, 2.45) is 0 Å². The number of hydrogen-bond donors (Lipinski definition) is 4. The zero-order chi connectivity index (χ0) is 26.8. The van der Waals surface area contributed by atoms with Gasteiger partial charge in [0.05, 0.1) is 23.8 Å². The van der Waals surface area contributed by atoms with Gasteiger partial charge >= 0.3 is 6.03 Å². The molecule has 0 unspecified atom stereocenters. The Labute approximate surface area is 226 Å². The number of nitrogens with one attached hydrogen (secondary N) is 4. The fourth-order valence-corrected chi connectivity index (χ4v) is 5.36. The van der Waals surface area contributed by atoms with Crippen molar-refractivity contribution in [2.45, 2.75) is 75.9 Å². The van der Waals surface area contributed by atoms with E-state index in [0.717, 1.165) is 76.3 Å². The number of aromatic nitrogens is 4. The summed E-state index contributed by atoms with van der Waals surface area (Å²) in [6, 6.07) is 4.16. The Hall–Kier alpha value is -3.96. The van der Waals surface area contributed by atoms with E-state index in [4.69, 9.17) is 5.10 Å². The SMILES string of the molecule is O=C(Nc1ccncc1F)c1cnc2c(NC3CC3)cc(N[C@H]3CC[C@H](NC(=O)N4CCCCC4)CC3)nn12. The summed E-state index contributed by atoms with van der Waals surface area (Å²) in [5.74, 6) is -0.498. The zero-order valence-electron chi connectivity index (χ0n) is 21.8. The minimum absolute atomic E-state index is 0.0414. The van der Waals surface area contributed by atoms with Gasteiger partial charge in [-0.15, -0.1) is 5.10 Å². The number of carbonyl (C=O) groups excluding carboxylic acids is 2. The number of hydrogen-bond acceptors (Lipinski definition) is 7. The van der Waals surface area contributed by atoms with Gasteiger partial charge in [-0.25, -0.2) is 18.7 Å². The number of nitrogens with zero attached hydrogens (tertiary/aromatic N) is 5. The zero-order valence-corrected chi connectivity index (χ0v) is 21.8. The van der Waals surface area contributed by atoms with E-state index in [1.165, 1.54) is 29.4 Å². The molecule has 2 saturated carbocycles. The van der Waals surface area contributed by atoms with E-state index in [1.807, 2.05) is 11.0 Å². The molecule has 3 aromatic rings. The molecule has 12 heteroatoms. The number of fused-ring (bicyclic) bond motifs is 1. The predicted octanol–water partition coefficient (Wildman–Crippen LogP) is 4.01. The van der Waals surface area contributed by atoms with E-state index in [1.54, 1.807) is 0 Å². The lowest BCUT2D eigenvalue weighted by atomic mass is 9.91. The topological polar surface area (TPSA) is 129 Å². The van der Waals surface area contributed by atoms with Crippen LogP contribution in [-0.2, 0) is 0 Å². The van der Waals surface area contributed by atoms with Crippen LogP contribution in [0.25, 0.3) is 5.65 Å². The standard InChI is InChI=1S/C27H34FN9O2/c28-20-15-29-11-10-21(20)34-26(38)23-16-30-25-22(31-17-4-5-17)14-24(35-37(23)25)32-18-6-8-19(9-7-18)33-27(39)36-12-2-1-3-13-36/h10-11,14-19,31H,1-9,12-13H2,(H,32,35)(H,33,39)(H,29,34,38)/t18-,19-. The average molecular weight is 536 g/mol. The Bertz CT molecular complexity index is 1340. The highest BCUT2D eigenvalue weighted by molar-refractivity contribution is 6.03. The second-order valence-electron chi connectivity index (χ2n) is 10.7. The van der Waals surface area contributed by atoms with Gasteiger partial charge in [-0.1, -0.05) is 0 Å². The number of urea groups is 1. The van der Waals surface area contributed by atoms with Crippen LogP contribution in [-0.4, -0.2) is 67.6 Å². The first-order valence-electron chi connectivity index (χ1n) is 13.9. The molecule has 2 aliphatic carbocycles. The fourth-order valence-electron chi connectivity index (χ4n) is 5.36. The summed E-state index contributed by atoms with van der Waals surface area (Å²) < 4.78 is 15.6. The highest BCUT2D eigenvalue weighted by Crippen LogP contribution is 2.30. The lowest BCUT2D eigenvalue weighted by Crippen LogP contribution is -2.48. The minimum atomic E-state index is -0.617. The van der Waals surface area contributed by atoms with Crippen LogP contribution in [0.2, 0.25) is 0 Å². The first-order chi connectivity index (χ1) is 19.0. The normalized spacial score (nSPS) is 21.4. The van der Waals surface area contributed by atoms with Crippen molar-refractivity contribution in [2.75, 3.05) is 29.0 Å². The van der Waals surface area contributed by atoms with Crippen molar-refractivity contribution >= 4 is 34.8 Å². The number of halogens is 1. The second kappa shape index (κ2) is 11.0. The summed E-state index contributed by atoms with van der Waals surface area (Å²) in [7, 11) is 0. The molecule has 0 spiro atoms. The summed E-state index contributed by atoms with van der Waals surface area (Å²) in [4.78, 5) is 35.8. The third-order valence-corrected chi connectivity index (χ3v) is 7.71. The maximum absolute atomic E-state index is 14.1. The maximum atomic E-state index is 14.1. The number of imidazole rings is 1. The smallest absolute Gasteiger partial charge is 0.317 e. The average Bonchev–Trinajstić information content (AvgIpc) is 3.66. The van der Waals surface area contributed by atoms with Gasteiger partial charge in [0.15, 0.2) is 17.2 Å². The molecule has 1 saturated heterocycles. The van der Waals surface area contributed by atoms with Crippen LogP contribution >= 0.6 is 0 Å². The van der Waals surface area contributed by atoms with E-state index in [2.05, 4.69) is 31.2 Å². The molecule has 206 valence electrons. The molecule has 3 aromatic heterocycles. The predicted molar refractivity (Wildman–Crippen MR) is 145 cm³/mol. The number of carbonyl (C=O) groups is 2. The highest BCUT2D eigenvalue weighted by atomic mass is 19.1. The number of piperidine rings is 1. The molecule has 0 radical (unpaired) electrons. The molecule has 0 aromatic carbocycles. The molecule has 1 aliphatic heterocycles. The highest BCUT2D eigenvalue weighted by Gasteiger charge is 2.27. The molecule has 39 heavy (non-hydrogen) atoms. The monoisotopic (exact) mass is 535 g/mol. The molecule has 3 amide bonds. The van der Waals surface area contributed by atoms with E-state index < -0.39 is 11.7 Å². The Kier molecular flexibility index (Phi) is 7.16. The number of anilines is 3. The van der Waals surface area contributed by atoms with E-state index in [9.17, 15) is 14.0 Å². The van der Waals surface area contributed by atoms with Gasteiger partial charge in [0.1, 0.15) is 5.82 Å². The summed E-state index contributed by atoms with van der Waals surface area (Å²) in [6.07, 6.45) is 13.0. The van der Waals surface area contributed by atoms with Crippen molar-refractivity contribution in [1.29, 1.82) is 0 Å². The van der Waals surface area contributed by atoms with Crippen molar-refractivity contribution < 1.29 is 14.0 Å². The fraction of sp³-hybridized carbons (Fsp3) is 0.519. The van der Waals surface area contributed by atoms with Crippen molar-refractivity contribution in [1.82, 2.24) is 29.8 Å². The van der Waals surface area contributed by atoms with Crippen LogP contribution in [0.5, 0.6) is 0 Å². The van der Waals surface area contributed by atoms with Gasteiger partial charge in [0.25, 0.3) is 5.91 Å². The molecule has 3 fully saturated rings. The molecule has 3 aliphatic rings. The molecule has 0 bridgehead atoms. The summed E-state index contributed by atoms with van der Waals surface area (Å²) >= 11 is 0. The van der Waals surface area contributed by atoms with Crippen molar-refractivity contribution in [3.05, 3.63) is 42.2 Å². The summed E-state index contributed by atoms with van der Waals surface area (Å²) in [5, 5.41) is 17.5. The van der Waals surface area contributed by atoms with Crippen LogP contribution in [0, 0.1) is 5.82 Å². The third kappa shape index (κ3) is 5.89. The van der Waals surface area contributed by atoms with Gasteiger partial charge < -0.3 is 26.2 Å². The number of amides is 3. The number of rotatable bonds is 7. The largest absolute Gasteiger partial charge is 0.379 e. The summed E-state index contributed by atoms with van der Waals surface area (Å²) in [6.45, 7) is 1.69. The van der Waals surface area contributed by atoms with Gasteiger partial charge in [-0.05, 0) is 63.9 Å². The van der Waals surface area contributed by atoms with Crippen LogP contribution in [0.1, 0.15) is 68.3 Å². The first kappa shape index (κ1) is 25.3.